The quantitative estimate of drug-likeness (QED) is 0.620. The molecule has 0 amide bonds. The first-order valence-corrected chi connectivity index (χ1v) is 6.02. The molecule has 0 N–H and O–H groups in total. The van der Waals surface area contributed by atoms with Crippen LogP contribution in [0.4, 0.5) is 0 Å². The minimum Gasteiger partial charge on any atom is -0.496 e. The van der Waals surface area contributed by atoms with Gasteiger partial charge in [0.1, 0.15) is 17.1 Å². The fourth-order valence-corrected chi connectivity index (χ4v) is 2.19. The van der Waals surface area contributed by atoms with Crippen LogP contribution in [0.5, 0.6) is 11.5 Å². The summed E-state index contributed by atoms with van der Waals surface area (Å²) in [5.74, 6) is 1.27. The summed E-state index contributed by atoms with van der Waals surface area (Å²) < 4.78 is 21.3. The van der Waals surface area contributed by atoms with Crippen LogP contribution < -0.4 is 15.1 Å². The van der Waals surface area contributed by atoms with Crippen molar-refractivity contribution in [1.82, 2.24) is 0 Å². The second-order valence-corrected chi connectivity index (χ2v) is 4.42. The van der Waals surface area contributed by atoms with Gasteiger partial charge in [-0.15, -0.1) is 0 Å². The molecule has 0 spiro atoms. The molecule has 1 unspecified atom stereocenters. The molecule has 19 heavy (non-hydrogen) atoms. The van der Waals surface area contributed by atoms with E-state index in [1.54, 1.807) is 26.4 Å². The van der Waals surface area contributed by atoms with Crippen LogP contribution in [0.15, 0.2) is 27.4 Å². The Balaban J connectivity index is 2.28. The molecule has 3 rings (SSSR count). The van der Waals surface area contributed by atoms with Crippen LogP contribution in [0.1, 0.15) is 5.56 Å². The van der Waals surface area contributed by atoms with Crippen molar-refractivity contribution >= 4 is 11.0 Å². The van der Waals surface area contributed by atoms with Crippen molar-refractivity contribution in [1.29, 1.82) is 0 Å². The molecule has 5 nitrogen and oxygen atoms in total. The van der Waals surface area contributed by atoms with Crippen LogP contribution in [0.25, 0.3) is 11.0 Å². The Labute approximate surface area is 109 Å². The number of ether oxygens (including phenoxy) is 3. The largest absolute Gasteiger partial charge is 0.496 e. The van der Waals surface area contributed by atoms with E-state index in [0.29, 0.717) is 23.5 Å². The van der Waals surface area contributed by atoms with Crippen LogP contribution >= 0.6 is 0 Å². The summed E-state index contributed by atoms with van der Waals surface area (Å²) in [5.41, 5.74) is 0.971. The van der Waals surface area contributed by atoms with Gasteiger partial charge in [-0.05, 0) is 6.07 Å². The Morgan fingerprint density at radius 3 is 2.63 bits per heavy atom. The maximum Gasteiger partial charge on any atom is 0.336 e. The van der Waals surface area contributed by atoms with Crippen LogP contribution in [0.2, 0.25) is 0 Å². The first-order valence-electron chi connectivity index (χ1n) is 6.02. The highest BCUT2D eigenvalue weighted by molar-refractivity contribution is 5.88. The summed E-state index contributed by atoms with van der Waals surface area (Å²) in [6, 6.07) is 4.89. The molecular formula is C14H14O5. The van der Waals surface area contributed by atoms with Crippen molar-refractivity contribution in [3.8, 4) is 11.5 Å². The van der Waals surface area contributed by atoms with Gasteiger partial charge in [-0.1, -0.05) is 0 Å². The number of methoxy groups -OCH3 is 2. The lowest BCUT2D eigenvalue weighted by atomic mass is 10.0. The summed E-state index contributed by atoms with van der Waals surface area (Å²) >= 11 is 0. The molecule has 1 atom stereocenters. The topological polar surface area (TPSA) is 61.2 Å². The predicted molar refractivity (Wildman–Crippen MR) is 69.0 cm³/mol. The normalized spacial score (nSPS) is 17.5. The van der Waals surface area contributed by atoms with E-state index in [4.69, 9.17) is 18.6 Å². The lowest BCUT2D eigenvalue weighted by molar-refractivity contribution is 0.381. The van der Waals surface area contributed by atoms with Crippen molar-refractivity contribution in [3.05, 3.63) is 34.2 Å². The van der Waals surface area contributed by atoms with Gasteiger partial charge in [-0.2, -0.15) is 0 Å². The molecule has 1 aliphatic rings. The molecule has 1 fully saturated rings. The van der Waals surface area contributed by atoms with Crippen molar-refractivity contribution in [2.75, 3.05) is 20.8 Å². The Morgan fingerprint density at radius 2 is 2.00 bits per heavy atom. The molecule has 1 aromatic carbocycles. The van der Waals surface area contributed by atoms with Crippen molar-refractivity contribution < 1.29 is 18.6 Å². The Bertz CT molecular complexity index is 669. The zero-order valence-corrected chi connectivity index (χ0v) is 10.8. The number of hydrogen-bond acceptors (Lipinski definition) is 5. The standard InChI is InChI=1S/C14H14O5/c1-16-11-6-12(17-2)10(5-8-7-18-8)14-9(11)3-4-13(15)19-14/h3-4,6,8H,5,7H2,1-2H3. The van der Waals surface area contributed by atoms with Crippen LogP contribution in [0, 0.1) is 0 Å². The lowest BCUT2D eigenvalue weighted by Crippen LogP contribution is -2.03. The number of epoxide rings is 1. The smallest absolute Gasteiger partial charge is 0.336 e. The summed E-state index contributed by atoms with van der Waals surface area (Å²) in [6.45, 7) is 0.730. The van der Waals surface area contributed by atoms with Crippen LogP contribution in [-0.2, 0) is 11.2 Å². The van der Waals surface area contributed by atoms with Gasteiger partial charge in [-0.3, -0.25) is 0 Å². The monoisotopic (exact) mass is 262 g/mol. The van der Waals surface area contributed by atoms with Crippen LogP contribution in [-0.4, -0.2) is 26.9 Å². The second kappa shape index (κ2) is 4.59. The van der Waals surface area contributed by atoms with E-state index >= 15 is 0 Å². The van der Waals surface area contributed by atoms with E-state index < -0.39 is 0 Å². The zero-order valence-electron chi connectivity index (χ0n) is 10.8. The molecule has 100 valence electrons. The third-order valence-electron chi connectivity index (χ3n) is 3.21. The summed E-state index contributed by atoms with van der Waals surface area (Å²) in [4.78, 5) is 11.5. The number of fused-ring (bicyclic) bond motifs is 1. The second-order valence-electron chi connectivity index (χ2n) is 4.42. The first-order chi connectivity index (χ1) is 9.22. The molecule has 1 aliphatic heterocycles. The fraction of sp³-hybridized carbons (Fsp3) is 0.357. The molecule has 0 radical (unpaired) electrons. The number of rotatable bonds is 4. The third kappa shape index (κ3) is 2.17. The van der Waals surface area contributed by atoms with Crippen LogP contribution in [0.3, 0.4) is 0 Å². The minimum atomic E-state index is -0.388. The highest BCUT2D eigenvalue weighted by Crippen LogP contribution is 2.37. The fourth-order valence-electron chi connectivity index (χ4n) is 2.19. The van der Waals surface area contributed by atoms with E-state index in [1.807, 2.05) is 0 Å². The van der Waals surface area contributed by atoms with Crippen molar-refractivity contribution in [2.24, 2.45) is 0 Å². The van der Waals surface area contributed by atoms with Crippen molar-refractivity contribution in [2.45, 2.75) is 12.5 Å². The van der Waals surface area contributed by atoms with Gasteiger partial charge in [0.2, 0.25) is 0 Å². The highest BCUT2D eigenvalue weighted by atomic mass is 16.6. The molecule has 0 aliphatic carbocycles. The van der Waals surface area contributed by atoms with E-state index in [2.05, 4.69) is 0 Å². The zero-order chi connectivity index (χ0) is 13.4. The van der Waals surface area contributed by atoms with Gasteiger partial charge < -0.3 is 18.6 Å². The molecule has 2 aromatic rings. The first kappa shape index (κ1) is 12.0. The Hall–Kier alpha value is -2.01. The molecule has 0 bridgehead atoms. The average molecular weight is 262 g/mol. The molecular weight excluding hydrogens is 248 g/mol. The Kier molecular flexibility index (Phi) is 2.91. The van der Waals surface area contributed by atoms with Gasteiger partial charge in [0.15, 0.2) is 0 Å². The van der Waals surface area contributed by atoms with Gasteiger partial charge in [-0.25, -0.2) is 4.79 Å². The average Bonchev–Trinajstić information content (AvgIpc) is 3.23. The SMILES string of the molecule is COc1cc(OC)c2ccc(=O)oc2c1CC1CO1. The van der Waals surface area contributed by atoms with E-state index in [-0.39, 0.29) is 11.7 Å². The highest BCUT2D eigenvalue weighted by Gasteiger charge is 2.27. The van der Waals surface area contributed by atoms with Gasteiger partial charge in [0, 0.05) is 24.1 Å². The van der Waals surface area contributed by atoms with Crippen molar-refractivity contribution in [3.63, 3.8) is 0 Å². The maximum atomic E-state index is 11.5. The minimum absolute atomic E-state index is 0.177. The lowest BCUT2D eigenvalue weighted by Gasteiger charge is -2.13. The van der Waals surface area contributed by atoms with E-state index in [9.17, 15) is 4.79 Å². The third-order valence-corrected chi connectivity index (χ3v) is 3.21. The van der Waals surface area contributed by atoms with Gasteiger partial charge >= 0.3 is 5.63 Å². The summed E-state index contributed by atoms with van der Waals surface area (Å²) in [5, 5.41) is 0.763. The van der Waals surface area contributed by atoms with Gasteiger partial charge in [0.25, 0.3) is 0 Å². The van der Waals surface area contributed by atoms with Gasteiger partial charge in [0.05, 0.1) is 32.3 Å². The molecule has 5 heteroatoms. The predicted octanol–water partition coefficient (Wildman–Crippen LogP) is 1.75. The summed E-state index contributed by atoms with van der Waals surface area (Å²) in [6.07, 6.45) is 0.840. The molecule has 1 saturated heterocycles. The molecule has 2 heterocycles. The van der Waals surface area contributed by atoms with E-state index in [1.165, 1.54) is 6.07 Å². The molecule has 0 saturated carbocycles. The molecule has 1 aromatic heterocycles. The number of hydrogen-bond donors (Lipinski definition) is 0. The maximum absolute atomic E-state index is 11.5. The number of benzene rings is 1. The summed E-state index contributed by atoms with van der Waals surface area (Å²) in [7, 11) is 3.15. The Morgan fingerprint density at radius 1 is 1.26 bits per heavy atom. The van der Waals surface area contributed by atoms with E-state index in [0.717, 1.165) is 17.6 Å².